The number of hydrogen-bond acceptors (Lipinski definition) is 3. The number of likely N-dealkylation sites (tertiary alicyclic amines) is 1. The molecular weight excluding hydrogens is 182 g/mol. The molecule has 0 radical (unpaired) electrons. The summed E-state index contributed by atoms with van der Waals surface area (Å²) in [6, 6.07) is 0. The van der Waals surface area contributed by atoms with Crippen molar-refractivity contribution in [2.24, 2.45) is 0 Å². The Balaban J connectivity index is 2.37. The van der Waals surface area contributed by atoms with E-state index in [4.69, 9.17) is 4.74 Å². The summed E-state index contributed by atoms with van der Waals surface area (Å²) in [6.45, 7) is 3.87. The first kappa shape index (κ1) is 11.5. The highest BCUT2D eigenvalue weighted by atomic mass is 16.5. The molecule has 0 amide bonds. The molecule has 82 valence electrons. The van der Waals surface area contributed by atoms with Crippen LogP contribution in [0.2, 0.25) is 0 Å². The van der Waals surface area contributed by atoms with Crippen LogP contribution in [0.25, 0.3) is 0 Å². The zero-order valence-electron chi connectivity index (χ0n) is 8.91. The molecule has 0 bridgehead atoms. The van der Waals surface area contributed by atoms with Gasteiger partial charge in [0.05, 0.1) is 25.7 Å². The minimum absolute atomic E-state index is 0.0894. The fourth-order valence-corrected chi connectivity index (χ4v) is 1.89. The molecule has 0 aromatic carbocycles. The summed E-state index contributed by atoms with van der Waals surface area (Å²) in [4.78, 5) is 12.1. The number of carboxylic acid groups (broad SMARTS) is 1. The van der Waals surface area contributed by atoms with Gasteiger partial charge in [-0.15, -0.1) is 0 Å². The van der Waals surface area contributed by atoms with Crippen LogP contribution in [-0.4, -0.2) is 38.3 Å². The Kier molecular flexibility index (Phi) is 4.35. The molecule has 1 aliphatic rings. The summed E-state index contributed by atoms with van der Waals surface area (Å²) in [6.07, 6.45) is 1.93. The lowest BCUT2D eigenvalue weighted by atomic mass is 10.1. The second-order valence-corrected chi connectivity index (χ2v) is 4.03. The van der Waals surface area contributed by atoms with Gasteiger partial charge in [-0.2, -0.15) is 0 Å². The number of carbonyl (C=O) groups excluding carboxylic acids is 1. The molecule has 1 heterocycles. The van der Waals surface area contributed by atoms with E-state index < -0.39 is 12.1 Å². The fourth-order valence-electron chi connectivity index (χ4n) is 1.89. The van der Waals surface area contributed by atoms with Gasteiger partial charge < -0.3 is 19.5 Å². The van der Waals surface area contributed by atoms with Gasteiger partial charge in [-0.3, -0.25) is 0 Å². The molecule has 1 aliphatic heterocycles. The monoisotopic (exact) mass is 201 g/mol. The van der Waals surface area contributed by atoms with E-state index in [2.05, 4.69) is 7.05 Å². The molecule has 0 aliphatic carbocycles. The molecule has 1 saturated heterocycles. The van der Waals surface area contributed by atoms with E-state index >= 15 is 0 Å². The van der Waals surface area contributed by atoms with Crippen molar-refractivity contribution in [3.05, 3.63) is 0 Å². The highest BCUT2D eigenvalue weighted by Gasteiger charge is 2.23. The van der Waals surface area contributed by atoms with E-state index in [9.17, 15) is 9.90 Å². The molecule has 1 rings (SSSR count). The molecule has 3 atom stereocenters. The van der Waals surface area contributed by atoms with E-state index in [1.165, 1.54) is 4.90 Å². The maximum absolute atomic E-state index is 10.6. The Morgan fingerprint density at radius 1 is 1.71 bits per heavy atom. The standard InChI is InChI=1S/C10H19NO3/c1-3-9(10(12)13)14-8-5-4-6-11(2)7-8/h8-9H,3-7H2,1-2H3,(H,12,13)/t8-,9+/m0/s1. The van der Waals surface area contributed by atoms with Gasteiger partial charge in [0.2, 0.25) is 0 Å². The molecule has 0 aromatic rings. The van der Waals surface area contributed by atoms with E-state index in [-0.39, 0.29) is 6.10 Å². The maximum Gasteiger partial charge on any atom is 0.107 e. The number of piperidine rings is 1. The Morgan fingerprint density at radius 3 is 2.93 bits per heavy atom. The van der Waals surface area contributed by atoms with E-state index in [1.807, 2.05) is 0 Å². The first-order chi connectivity index (χ1) is 6.63. The number of nitrogens with one attached hydrogen (secondary N) is 1. The van der Waals surface area contributed by atoms with Crippen LogP contribution in [-0.2, 0) is 9.53 Å². The summed E-state index contributed by atoms with van der Waals surface area (Å²) in [5, 5.41) is 10.6. The summed E-state index contributed by atoms with van der Waals surface area (Å²) < 4.78 is 5.49. The smallest absolute Gasteiger partial charge is 0.107 e. The lowest BCUT2D eigenvalue weighted by Crippen LogP contribution is -3.11. The SMILES string of the molecule is CC[C@@H](O[C@H]1CCC[NH+](C)C1)C(=O)[O-]. The van der Waals surface area contributed by atoms with E-state index in [0.29, 0.717) is 6.42 Å². The second kappa shape index (κ2) is 5.32. The van der Waals surface area contributed by atoms with Gasteiger partial charge in [0.15, 0.2) is 0 Å². The molecule has 1 N–H and O–H groups in total. The van der Waals surface area contributed by atoms with Crippen LogP contribution in [0, 0.1) is 0 Å². The third-order valence-corrected chi connectivity index (χ3v) is 2.70. The van der Waals surface area contributed by atoms with Crippen molar-refractivity contribution in [2.45, 2.75) is 38.4 Å². The largest absolute Gasteiger partial charge is 0.547 e. The summed E-state index contributed by atoms with van der Waals surface area (Å²) >= 11 is 0. The van der Waals surface area contributed by atoms with Gasteiger partial charge in [0, 0.05) is 0 Å². The lowest BCUT2D eigenvalue weighted by Gasteiger charge is -2.30. The molecule has 0 saturated carbocycles. The third-order valence-electron chi connectivity index (χ3n) is 2.70. The average molecular weight is 201 g/mol. The number of likely N-dealkylation sites (N-methyl/N-ethyl adjacent to an activating group) is 1. The number of ether oxygens (including phenoxy) is 1. The van der Waals surface area contributed by atoms with Gasteiger partial charge in [-0.05, 0) is 19.3 Å². The number of quaternary nitrogens is 1. The molecule has 0 spiro atoms. The van der Waals surface area contributed by atoms with Crippen LogP contribution in [0.1, 0.15) is 26.2 Å². The van der Waals surface area contributed by atoms with Crippen molar-refractivity contribution in [1.82, 2.24) is 0 Å². The lowest BCUT2D eigenvalue weighted by molar-refractivity contribution is -0.888. The normalized spacial score (nSPS) is 29.9. The number of carboxylic acids is 1. The highest BCUT2D eigenvalue weighted by Crippen LogP contribution is 2.08. The Labute approximate surface area is 84.8 Å². The van der Waals surface area contributed by atoms with Crippen LogP contribution in [0.3, 0.4) is 0 Å². The number of carbonyl (C=O) groups is 1. The van der Waals surface area contributed by atoms with Crippen LogP contribution in [0.4, 0.5) is 0 Å². The molecular formula is C10H19NO3. The summed E-state index contributed by atoms with van der Waals surface area (Å²) in [5.74, 6) is -1.09. The van der Waals surface area contributed by atoms with Gasteiger partial charge in [-0.25, -0.2) is 0 Å². The minimum atomic E-state index is -1.09. The quantitative estimate of drug-likeness (QED) is 0.584. The summed E-state index contributed by atoms with van der Waals surface area (Å²) in [7, 11) is 2.11. The zero-order chi connectivity index (χ0) is 10.6. The second-order valence-electron chi connectivity index (χ2n) is 4.03. The van der Waals surface area contributed by atoms with Crippen molar-refractivity contribution >= 4 is 5.97 Å². The number of hydrogen-bond donors (Lipinski definition) is 1. The molecule has 1 unspecified atom stereocenters. The van der Waals surface area contributed by atoms with Crippen molar-refractivity contribution < 1.29 is 19.5 Å². The van der Waals surface area contributed by atoms with Crippen molar-refractivity contribution in [1.29, 1.82) is 0 Å². The number of aliphatic carboxylic acids is 1. The Morgan fingerprint density at radius 2 is 2.43 bits per heavy atom. The molecule has 4 nitrogen and oxygen atoms in total. The van der Waals surface area contributed by atoms with Gasteiger partial charge >= 0.3 is 0 Å². The highest BCUT2D eigenvalue weighted by molar-refractivity contribution is 5.69. The third kappa shape index (κ3) is 3.27. The fraction of sp³-hybridized carbons (Fsp3) is 0.900. The number of rotatable bonds is 4. The molecule has 1 fully saturated rings. The minimum Gasteiger partial charge on any atom is -0.547 e. The van der Waals surface area contributed by atoms with Gasteiger partial charge in [-0.1, -0.05) is 6.92 Å². The molecule has 14 heavy (non-hydrogen) atoms. The summed E-state index contributed by atoms with van der Waals surface area (Å²) in [5.41, 5.74) is 0. The predicted molar refractivity (Wildman–Crippen MR) is 49.8 cm³/mol. The van der Waals surface area contributed by atoms with E-state index in [0.717, 1.165) is 25.9 Å². The maximum atomic E-state index is 10.6. The molecule has 4 heteroatoms. The van der Waals surface area contributed by atoms with Crippen molar-refractivity contribution in [3.63, 3.8) is 0 Å². The first-order valence-electron chi connectivity index (χ1n) is 5.31. The Bertz CT molecular complexity index is 196. The topological polar surface area (TPSA) is 53.8 Å². The van der Waals surface area contributed by atoms with Crippen molar-refractivity contribution in [3.8, 4) is 0 Å². The zero-order valence-corrected chi connectivity index (χ0v) is 8.91. The first-order valence-corrected chi connectivity index (χ1v) is 5.31. The van der Waals surface area contributed by atoms with Gasteiger partial charge in [0.25, 0.3) is 0 Å². The van der Waals surface area contributed by atoms with Crippen LogP contribution in [0.15, 0.2) is 0 Å². The average Bonchev–Trinajstić information content (AvgIpc) is 2.14. The van der Waals surface area contributed by atoms with Crippen LogP contribution in [0.5, 0.6) is 0 Å². The van der Waals surface area contributed by atoms with Crippen molar-refractivity contribution in [2.75, 3.05) is 20.1 Å². The molecule has 0 aromatic heterocycles. The van der Waals surface area contributed by atoms with Crippen LogP contribution < -0.4 is 10.0 Å². The van der Waals surface area contributed by atoms with E-state index in [1.54, 1.807) is 6.92 Å². The predicted octanol–water partition coefficient (Wildman–Crippen LogP) is -1.79. The Hall–Kier alpha value is -0.610. The van der Waals surface area contributed by atoms with Gasteiger partial charge in [0.1, 0.15) is 12.6 Å². The van der Waals surface area contributed by atoms with Crippen LogP contribution >= 0.6 is 0 Å².